The van der Waals surface area contributed by atoms with Gasteiger partial charge in [-0.3, -0.25) is 0 Å². The molecule has 0 fully saturated rings. The standard InChI is InChI=1S/2C2H2O4.H2O.2Pd/c2*3-1(4)2(5)6;;;/h2*(H,3,4)(H,5,6);1H2;;/q;;;2*+2/p-4. The molecule has 0 aliphatic heterocycles. The second-order valence-corrected chi connectivity index (χ2v) is 1.15. The molecule has 11 heteroatoms. The number of aliphatic carboxylic acids is 4. The molecule has 0 aromatic heterocycles. The molecule has 0 aromatic carbocycles. The number of hydrogen-bond donors (Lipinski definition) is 0. The fourth-order valence-corrected chi connectivity index (χ4v) is 0. The van der Waals surface area contributed by atoms with Gasteiger partial charge in [-0.2, -0.15) is 0 Å². The van der Waals surface area contributed by atoms with E-state index < -0.39 is 23.9 Å². The molecule has 0 aromatic rings. The summed E-state index contributed by atoms with van der Waals surface area (Å²) < 4.78 is 0. The van der Waals surface area contributed by atoms with Gasteiger partial charge in [0.2, 0.25) is 0 Å². The van der Waals surface area contributed by atoms with Crippen molar-refractivity contribution < 1.29 is 85.9 Å². The number of carbonyl (C=O) groups is 4. The van der Waals surface area contributed by atoms with Crippen LogP contribution in [-0.2, 0) is 60.0 Å². The van der Waals surface area contributed by atoms with Crippen molar-refractivity contribution in [2.75, 3.05) is 0 Å². The molecule has 9 nitrogen and oxygen atoms in total. The van der Waals surface area contributed by atoms with Gasteiger partial charge >= 0.3 is 40.8 Å². The van der Waals surface area contributed by atoms with Crippen molar-refractivity contribution in [2.24, 2.45) is 0 Å². The summed E-state index contributed by atoms with van der Waals surface area (Å²) in [6, 6.07) is 0. The van der Waals surface area contributed by atoms with Crippen molar-refractivity contribution in [2.45, 2.75) is 0 Å². The summed E-state index contributed by atoms with van der Waals surface area (Å²) in [6.07, 6.45) is 0. The first-order valence-electron chi connectivity index (χ1n) is 2.13. The number of hydrogen-bond acceptors (Lipinski definition) is 8. The van der Waals surface area contributed by atoms with Gasteiger partial charge in [0.25, 0.3) is 0 Å². The van der Waals surface area contributed by atoms with Gasteiger partial charge in [0.05, 0.1) is 23.9 Å². The molecule has 92 valence electrons. The summed E-state index contributed by atoms with van der Waals surface area (Å²) in [7, 11) is 0. The summed E-state index contributed by atoms with van der Waals surface area (Å²) >= 11 is 0. The third kappa shape index (κ3) is 32.0. The molecule has 0 heterocycles. The molecule has 0 unspecified atom stereocenters. The van der Waals surface area contributed by atoms with Crippen molar-refractivity contribution in [3.63, 3.8) is 0 Å². The quantitative estimate of drug-likeness (QED) is 0.279. The minimum absolute atomic E-state index is 0. The predicted molar refractivity (Wildman–Crippen MR) is 23.6 cm³/mol. The van der Waals surface area contributed by atoms with E-state index in [9.17, 15) is 0 Å². The van der Waals surface area contributed by atoms with E-state index in [1.807, 2.05) is 0 Å². The molecule has 0 aliphatic rings. The average Bonchev–Trinajstić information content (AvgIpc) is 1.88. The molecule has 0 rings (SSSR count). The molecule has 0 atom stereocenters. The van der Waals surface area contributed by atoms with Gasteiger partial charge in [0, 0.05) is 0 Å². The van der Waals surface area contributed by atoms with E-state index in [0.29, 0.717) is 0 Å². The minimum atomic E-state index is -2.19. The monoisotopic (exact) mass is 406 g/mol. The Balaban J connectivity index is -0.0000000370. The second-order valence-electron chi connectivity index (χ2n) is 1.15. The van der Waals surface area contributed by atoms with Crippen LogP contribution in [0.4, 0.5) is 0 Å². The molecule has 0 amide bonds. The molecular formula is C4H2O9Pd2. The van der Waals surface area contributed by atoms with Gasteiger partial charge < -0.3 is 45.1 Å². The maximum Gasteiger partial charge on any atom is 2.00 e. The van der Waals surface area contributed by atoms with Crippen LogP contribution in [0.25, 0.3) is 0 Å². The van der Waals surface area contributed by atoms with E-state index >= 15 is 0 Å². The maximum atomic E-state index is 8.93. The van der Waals surface area contributed by atoms with Crippen molar-refractivity contribution in [1.29, 1.82) is 0 Å². The molecule has 0 saturated carbocycles. The Morgan fingerprint density at radius 1 is 0.533 bits per heavy atom. The van der Waals surface area contributed by atoms with Crippen molar-refractivity contribution in [1.82, 2.24) is 0 Å². The third-order valence-corrected chi connectivity index (χ3v) is 0.333. The smallest absolute Gasteiger partial charge is 0.543 e. The summed E-state index contributed by atoms with van der Waals surface area (Å²) in [5.41, 5.74) is 0. The Labute approximate surface area is 110 Å². The molecule has 0 radical (unpaired) electrons. The van der Waals surface area contributed by atoms with Crippen molar-refractivity contribution in [3.8, 4) is 0 Å². The molecule has 15 heavy (non-hydrogen) atoms. The van der Waals surface area contributed by atoms with E-state index in [1.54, 1.807) is 0 Å². The van der Waals surface area contributed by atoms with Crippen molar-refractivity contribution >= 4 is 23.9 Å². The van der Waals surface area contributed by atoms with Crippen LogP contribution in [0.15, 0.2) is 0 Å². The van der Waals surface area contributed by atoms with Gasteiger partial charge in [-0.1, -0.05) is 0 Å². The topological polar surface area (TPSA) is 192 Å². The Morgan fingerprint density at radius 2 is 0.600 bits per heavy atom. The van der Waals surface area contributed by atoms with E-state index in [-0.39, 0.29) is 46.3 Å². The molecule has 0 saturated heterocycles. The fraction of sp³-hybridized carbons (Fsp3) is 0. The Morgan fingerprint density at radius 3 is 0.600 bits per heavy atom. The Bertz CT molecular complexity index is 176. The number of carbonyl (C=O) groups excluding carboxylic acids is 4. The number of carboxylic acids is 4. The zero-order valence-corrected chi connectivity index (χ0v) is 9.51. The molecule has 0 aliphatic carbocycles. The number of rotatable bonds is 0. The van der Waals surface area contributed by atoms with Crippen LogP contribution in [-0.4, -0.2) is 29.4 Å². The maximum absolute atomic E-state index is 8.93. The van der Waals surface area contributed by atoms with Crippen LogP contribution in [0.2, 0.25) is 0 Å². The fourth-order valence-electron chi connectivity index (χ4n) is 0. The first-order valence-corrected chi connectivity index (χ1v) is 2.13. The SMILES string of the molecule is O.O=C([O-])C(=O)[O-].O=C([O-])C(=O)[O-].[Pd+2].[Pd+2]. The van der Waals surface area contributed by atoms with E-state index in [2.05, 4.69) is 0 Å². The van der Waals surface area contributed by atoms with Gasteiger partial charge in [-0.05, 0) is 0 Å². The normalized spacial score (nSPS) is 5.87. The van der Waals surface area contributed by atoms with Crippen LogP contribution >= 0.6 is 0 Å². The zero-order valence-electron chi connectivity index (χ0n) is 6.40. The summed E-state index contributed by atoms with van der Waals surface area (Å²) in [6.45, 7) is 0. The van der Waals surface area contributed by atoms with E-state index in [1.165, 1.54) is 0 Å². The number of carboxylic acid groups (broad SMARTS) is 4. The molecule has 0 spiro atoms. The minimum Gasteiger partial charge on any atom is -0.543 e. The summed E-state index contributed by atoms with van der Waals surface area (Å²) in [4.78, 5) is 35.7. The molecule has 0 bridgehead atoms. The van der Waals surface area contributed by atoms with Crippen LogP contribution < -0.4 is 20.4 Å². The summed E-state index contributed by atoms with van der Waals surface area (Å²) in [5, 5.41) is 35.7. The zero-order chi connectivity index (χ0) is 10.3. The molecule has 2 N–H and O–H groups in total. The van der Waals surface area contributed by atoms with Gasteiger partial charge in [0.1, 0.15) is 0 Å². The van der Waals surface area contributed by atoms with Crippen LogP contribution in [0.5, 0.6) is 0 Å². The Kier molecular flexibility index (Phi) is 30.5. The molecular weight excluding hydrogens is 405 g/mol. The summed E-state index contributed by atoms with van der Waals surface area (Å²) in [5.74, 6) is -8.74. The largest absolute Gasteiger partial charge is 2.00 e. The van der Waals surface area contributed by atoms with Crippen LogP contribution in [0.1, 0.15) is 0 Å². The average molecular weight is 407 g/mol. The van der Waals surface area contributed by atoms with E-state index in [4.69, 9.17) is 39.6 Å². The van der Waals surface area contributed by atoms with Gasteiger partial charge in [0.15, 0.2) is 0 Å². The van der Waals surface area contributed by atoms with E-state index in [0.717, 1.165) is 0 Å². The Hall–Kier alpha value is -0.835. The van der Waals surface area contributed by atoms with Gasteiger partial charge in [-0.25, -0.2) is 0 Å². The predicted octanol–water partition coefficient (Wildman–Crippen LogP) is -7.86. The van der Waals surface area contributed by atoms with Crippen molar-refractivity contribution in [3.05, 3.63) is 0 Å². The first-order chi connectivity index (χ1) is 5.29. The second kappa shape index (κ2) is 15.6. The third-order valence-electron chi connectivity index (χ3n) is 0.333. The first kappa shape index (κ1) is 29.2. The van der Waals surface area contributed by atoms with Gasteiger partial charge in [-0.15, -0.1) is 0 Å². The van der Waals surface area contributed by atoms with Crippen LogP contribution in [0, 0.1) is 0 Å². The van der Waals surface area contributed by atoms with Crippen LogP contribution in [0.3, 0.4) is 0 Å².